The van der Waals surface area contributed by atoms with E-state index in [1.165, 1.54) is 0 Å². The van der Waals surface area contributed by atoms with E-state index in [1.807, 2.05) is 48.7 Å². The molecule has 0 radical (unpaired) electrons. The lowest BCUT2D eigenvalue weighted by Gasteiger charge is -2.11. The van der Waals surface area contributed by atoms with Crippen LogP contribution in [0.25, 0.3) is 5.69 Å². The second-order valence-corrected chi connectivity index (χ2v) is 4.99. The van der Waals surface area contributed by atoms with Crippen molar-refractivity contribution in [3.05, 3.63) is 67.0 Å². The Morgan fingerprint density at radius 1 is 1.12 bits per heavy atom. The van der Waals surface area contributed by atoms with Gasteiger partial charge in [0.2, 0.25) is 0 Å². The highest BCUT2D eigenvalue weighted by Crippen LogP contribution is 2.25. The summed E-state index contributed by atoms with van der Waals surface area (Å²) in [5.74, 6) is 0.866. The summed E-state index contributed by atoms with van der Waals surface area (Å²) >= 11 is 0. The first-order chi connectivity index (χ1) is 11.8. The fourth-order valence-corrected chi connectivity index (χ4v) is 2.23. The molecule has 0 unspecified atom stereocenters. The number of ether oxygens (including phenoxy) is 2. The van der Waals surface area contributed by atoms with Crippen LogP contribution >= 0.6 is 0 Å². The van der Waals surface area contributed by atoms with Crippen LogP contribution in [0.15, 0.2) is 67.0 Å². The molecule has 0 aliphatic heterocycles. The molecule has 1 N–H and O–H groups in total. The van der Waals surface area contributed by atoms with Gasteiger partial charge >= 0.3 is 0 Å². The average molecular weight is 323 g/mol. The van der Waals surface area contributed by atoms with Gasteiger partial charge in [-0.1, -0.05) is 18.2 Å². The standard InChI is InChI=1S/C18H17N3O3/c1-23-16-8-2-3-9-17(16)24-13-18(22)20-14-6-4-7-15(12-14)21-11-5-10-19-21/h2-12H,13H2,1H3,(H,20,22). The molecule has 0 fully saturated rings. The maximum Gasteiger partial charge on any atom is 0.262 e. The highest BCUT2D eigenvalue weighted by atomic mass is 16.5. The van der Waals surface area contributed by atoms with E-state index in [9.17, 15) is 4.79 Å². The molecular formula is C18H17N3O3. The first-order valence-electron chi connectivity index (χ1n) is 7.42. The van der Waals surface area contributed by atoms with Crippen LogP contribution in [0.2, 0.25) is 0 Å². The Balaban J connectivity index is 1.62. The molecule has 0 aliphatic rings. The Labute approximate surface area is 139 Å². The molecule has 1 aromatic heterocycles. The average Bonchev–Trinajstić information content (AvgIpc) is 3.15. The summed E-state index contributed by atoms with van der Waals surface area (Å²) in [5.41, 5.74) is 1.54. The van der Waals surface area contributed by atoms with Crippen LogP contribution in [0.1, 0.15) is 0 Å². The number of benzene rings is 2. The van der Waals surface area contributed by atoms with Crippen LogP contribution in [0, 0.1) is 0 Å². The molecule has 1 heterocycles. The Kier molecular flexibility index (Phi) is 4.76. The van der Waals surface area contributed by atoms with Gasteiger partial charge in [0, 0.05) is 18.1 Å². The first-order valence-corrected chi connectivity index (χ1v) is 7.42. The predicted octanol–water partition coefficient (Wildman–Crippen LogP) is 2.90. The molecule has 2 aromatic carbocycles. The van der Waals surface area contributed by atoms with Crippen molar-refractivity contribution in [3.8, 4) is 17.2 Å². The van der Waals surface area contributed by atoms with E-state index in [4.69, 9.17) is 9.47 Å². The zero-order valence-electron chi connectivity index (χ0n) is 13.2. The van der Waals surface area contributed by atoms with Crippen molar-refractivity contribution in [3.63, 3.8) is 0 Å². The number of amides is 1. The number of rotatable bonds is 6. The van der Waals surface area contributed by atoms with Crippen molar-refractivity contribution in [1.29, 1.82) is 0 Å². The van der Waals surface area contributed by atoms with E-state index in [2.05, 4.69) is 10.4 Å². The second kappa shape index (κ2) is 7.32. The minimum Gasteiger partial charge on any atom is -0.493 e. The zero-order chi connectivity index (χ0) is 16.8. The minimum atomic E-state index is -0.251. The van der Waals surface area contributed by atoms with Gasteiger partial charge in [0.15, 0.2) is 18.1 Å². The van der Waals surface area contributed by atoms with E-state index in [0.717, 1.165) is 5.69 Å². The van der Waals surface area contributed by atoms with E-state index in [-0.39, 0.29) is 12.5 Å². The van der Waals surface area contributed by atoms with Gasteiger partial charge in [-0.05, 0) is 36.4 Å². The minimum absolute atomic E-state index is 0.105. The lowest BCUT2D eigenvalue weighted by atomic mass is 10.2. The van der Waals surface area contributed by atoms with Gasteiger partial charge in [0.25, 0.3) is 5.91 Å². The van der Waals surface area contributed by atoms with Gasteiger partial charge in [-0.2, -0.15) is 5.10 Å². The van der Waals surface area contributed by atoms with Crippen molar-refractivity contribution < 1.29 is 14.3 Å². The molecule has 3 rings (SSSR count). The van der Waals surface area contributed by atoms with Gasteiger partial charge in [-0.3, -0.25) is 4.79 Å². The molecule has 24 heavy (non-hydrogen) atoms. The molecule has 1 amide bonds. The van der Waals surface area contributed by atoms with E-state index < -0.39 is 0 Å². The summed E-state index contributed by atoms with van der Waals surface area (Å²) in [6.45, 7) is -0.105. The molecule has 0 atom stereocenters. The maximum absolute atomic E-state index is 12.1. The molecule has 3 aromatic rings. The zero-order valence-corrected chi connectivity index (χ0v) is 13.2. The normalized spacial score (nSPS) is 10.2. The Hall–Kier alpha value is -3.28. The molecular weight excluding hydrogens is 306 g/mol. The van der Waals surface area contributed by atoms with Crippen LogP contribution < -0.4 is 14.8 Å². The number of para-hydroxylation sites is 2. The van der Waals surface area contributed by atoms with Crippen LogP contribution in [-0.2, 0) is 4.79 Å². The van der Waals surface area contributed by atoms with Gasteiger partial charge in [0.05, 0.1) is 12.8 Å². The second-order valence-electron chi connectivity index (χ2n) is 4.99. The van der Waals surface area contributed by atoms with Crippen molar-refractivity contribution >= 4 is 11.6 Å². The molecule has 6 heteroatoms. The summed E-state index contributed by atoms with van der Waals surface area (Å²) in [5, 5.41) is 6.97. The largest absolute Gasteiger partial charge is 0.493 e. The third-order valence-corrected chi connectivity index (χ3v) is 3.33. The summed E-state index contributed by atoms with van der Waals surface area (Å²) in [6.07, 6.45) is 3.54. The number of methoxy groups -OCH3 is 1. The van der Waals surface area contributed by atoms with Gasteiger partial charge in [0.1, 0.15) is 0 Å². The van der Waals surface area contributed by atoms with Crippen molar-refractivity contribution in [1.82, 2.24) is 9.78 Å². The van der Waals surface area contributed by atoms with Gasteiger partial charge in [-0.25, -0.2) is 4.68 Å². The monoisotopic (exact) mass is 323 g/mol. The van der Waals surface area contributed by atoms with E-state index >= 15 is 0 Å². The van der Waals surface area contributed by atoms with Gasteiger partial charge in [-0.15, -0.1) is 0 Å². The number of nitrogens with one attached hydrogen (secondary N) is 1. The van der Waals surface area contributed by atoms with E-state index in [0.29, 0.717) is 17.2 Å². The first kappa shape index (κ1) is 15.6. The molecule has 0 bridgehead atoms. The summed E-state index contributed by atoms with van der Waals surface area (Å²) < 4.78 is 12.4. The van der Waals surface area contributed by atoms with Crippen LogP contribution in [0.3, 0.4) is 0 Å². The number of hydrogen-bond donors (Lipinski definition) is 1. The number of carbonyl (C=O) groups is 1. The topological polar surface area (TPSA) is 65.4 Å². The molecule has 0 spiro atoms. The molecule has 0 aliphatic carbocycles. The Bertz CT molecular complexity index is 816. The fraction of sp³-hybridized carbons (Fsp3) is 0.111. The third kappa shape index (κ3) is 3.73. The number of aromatic nitrogens is 2. The molecule has 0 saturated carbocycles. The smallest absolute Gasteiger partial charge is 0.262 e. The molecule has 122 valence electrons. The maximum atomic E-state index is 12.1. The Morgan fingerprint density at radius 2 is 1.96 bits per heavy atom. The number of carbonyl (C=O) groups excluding carboxylic acids is 1. The lowest BCUT2D eigenvalue weighted by molar-refractivity contribution is -0.118. The quantitative estimate of drug-likeness (QED) is 0.757. The fourth-order valence-electron chi connectivity index (χ4n) is 2.23. The lowest BCUT2D eigenvalue weighted by Crippen LogP contribution is -2.20. The highest BCUT2D eigenvalue weighted by molar-refractivity contribution is 5.92. The molecule has 6 nitrogen and oxygen atoms in total. The summed E-state index contributed by atoms with van der Waals surface area (Å²) in [6, 6.07) is 16.5. The van der Waals surface area contributed by atoms with Crippen molar-refractivity contribution in [2.24, 2.45) is 0 Å². The van der Waals surface area contributed by atoms with Crippen molar-refractivity contribution in [2.45, 2.75) is 0 Å². The van der Waals surface area contributed by atoms with Crippen LogP contribution in [-0.4, -0.2) is 29.4 Å². The van der Waals surface area contributed by atoms with E-state index in [1.54, 1.807) is 30.1 Å². The SMILES string of the molecule is COc1ccccc1OCC(=O)Nc1cccc(-n2cccn2)c1. The number of anilines is 1. The third-order valence-electron chi connectivity index (χ3n) is 3.33. The molecule has 0 saturated heterocycles. The Morgan fingerprint density at radius 3 is 2.71 bits per heavy atom. The summed E-state index contributed by atoms with van der Waals surface area (Å²) in [4.78, 5) is 12.1. The number of nitrogens with zero attached hydrogens (tertiary/aromatic N) is 2. The van der Waals surface area contributed by atoms with Crippen LogP contribution in [0.4, 0.5) is 5.69 Å². The predicted molar refractivity (Wildman–Crippen MR) is 90.7 cm³/mol. The number of hydrogen-bond acceptors (Lipinski definition) is 4. The van der Waals surface area contributed by atoms with Gasteiger partial charge < -0.3 is 14.8 Å². The summed E-state index contributed by atoms with van der Waals surface area (Å²) in [7, 11) is 1.56. The highest BCUT2D eigenvalue weighted by Gasteiger charge is 2.08. The van der Waals surface area contributed by atoms with Crippen molar-refractivity contribution in [2.75, 3.05) is 19.0 Å². The van der Waals surface area contributed by atoms with Crippen LogP contribution in [0.5, 0.6) is 11.5 Å².